The van der Waals surface area contributed by atoms with Gasteiger partial charge in [0, 0.05) is 23.8 Å². The van der Waals surface area contributed by atoms with E-state index in [9.17, 15) is 115 Å². The molecule has 8 aromatic rings. The highest BCUT2D eigenvalue weighted by atomic mass is 19.4. The summed E-state index contributed by atoms with van der Waals surface area (Å²) in [6.07, 6.45) is -52.8. The fraction of sp³-hybridized carbons (Fsp3) is 0.167. The Bertz CT molecular complexity index is 3270. The first-order valence-electron chi connectivity index (χ1n) is 23.0. The van der Waals surface area contributed by atoms with Crippen LogP contribution in [0.4, 0.5) is 111 Å². The highest BCUT2D eigenvalue weighted by molar-refractivity contribution is 7.20. The van der Waals surface area contributed by atoms with Crippen molar-refractivity contribution in [1.29, 1.82) is 0 Å². The molecule has 0 atom stereocenters. The zero-order valence-corrected chi connectivity index (χ0v) is 40.7. The largest absolute Gasteiger partial charge is 0.416 e. The van der Waals surface area contributed by atoms with Crippen molar-refractivity contribution in [2.24, 2.45) is 0 Å². The molecule has 0 spiro atoms. The maximum Gasteiger partial charge on any atom is 0.416 e. The summed E-state index contributed by atoms with van der Waals surface area (Å²) in [6, 6.07) is 18.4. The number of alkyl halides is 24. The molecule has 29 heteroatoms. The standard InChI is InChI=1S/C32H12BF24.C22H17N2O2/c34-25(35,36)13-1-14(26(37,38)39)6-21(5-13)33(22-7-15(27(40,41)42)2-16(8-22)28(43,44)45,23-9-17(29(46,47)48)3-18(10-23)30(49,50)51)24-11-19(31(52,53)54)4-20(12-24)32(55,56)57;25-24(26)20-11-6-10-19(15-20)22-21-12-5-4-9-18(21)13-14-23(22)16-17-7-2-1-3-8-17/h1-12H;1-15H,16H2/q-1;+1. The molecule has 0 aliphatic carbocycles. The van der Waals surface area contributed by atoms with Gasteiger partial charge >= 0.3 is 49.4 Å². The molecule has 0 radical (unpaired) electrons. The molecular formula is C54H29BF24N2O2. The lowest BCUT2D eigenvalue weighted by molar-refractivity contribution is -0.676. The Hall–Kier alpha value is -8.27. The second-order valence-corrected chi connectivity index (χ2v) is 18.4. The molecule has 0 unspecified atom stereocenters. The van der Waals surface area contributed by atoms with Crippen LogP contribution in [0.15, 0.2) is 164 Å². The smallest absolute Gasteiger partial charge is 0.258 e. The Balaban J connectivity index is 0.000000313. The second kappa shape index (κ2) is 21.8. The highest BCUT2D eigenvalue weighted by Crippen LogP contribution is 2.42. The monoisotopic (exact) mass is 1200 g/mol. The first kappa shape index (κ1) is 62.3. The van der Waals surface area contributed by atoms with E-state index in [0.717, 1.165) is 22.0 Å². The van der Waals surface area contributed by atoms with E-state index in [1.165, 1.54) is 11.6 Å². The summed E-state index contributed by atoms with van der Waals surface area (Å²) >= 11 is 0. The molecule has 438 valence electrons. The quantitative estimate of drug-likeness (QED) is 0.0500. The topological polar surface area (TPSA) is 47.0 Å². The number of pyridine rings is 1. The van der Waals surface area contributed by atoms with Gasteiger partial charge in [0.25, 0.3) is 5.69 Å². The molecule has 0 saturated carbocycles. The van der Waals surface area contributed by atoms with Crippen LogP contribution in [0.25, 0.3) is 22.0 Å². The SMILES string of the molecule is FC(F)(F)c1cc([B-](c2cc(C(F)(F)F)cc(C(F)(F)F)c2)(c2cc(C(F)(F)F)cc(C(F)(F)F)c2)c2cc(C(F)(F)F)cc(C(F)(F)F)c2)cc(C(F)(F)F)c1.O=[N+]([O-])c1cccc(-c2c3ccccc3cc[n+]2Cc2ccccc2)c1. The Morgan fingerprint density at radius 2 is 0.675 bits per heavy atom. The van der Waals surface area contributed by atoms with Crippen molar-refractivity contribution in [1.82, 2.24) is 0 Å². The molecule has 4 nitrogen and oxygen atoms in total. The molecule has 1 heterocycles. The number of nitro groups is 1. The predicted octanol–water partition coefficient (Wildman–Crippen LogP) is 16.0. The number of hydrogen-bond donors (Lipinski definition) is 0. The van der Waals surface area contributed by atoms with Gasteiger partial charge in [-0.25, -0.2) is 0 Å². The van der Waals surface area contributed by atoms with Crippen molar-refractivity contribution in [3.8, 4) is 11.3 Å². The minimum atomic E-state index is -6.13. The van der Waals surface area contributed by atoms with E-state index in [2.05, 4.69) is 34.9 Å². The van der Waals surface area contributed by atoms with Gasteiger partial charge in [-0.3, -0.25) is 10.1 Å². The Morgan fingerprint density at radius 1 is 0.361 bits per heavy atom. The lowest BCUT2D eigenvalue weighted by Crippen LogP contribution is -2.75. The zero-order chi connectivity index (χ0) is 61.8. The summed E-state index contributed by atoms with van der Waals surface area (Å²) in [6.45, 7) is 0.698. The van der Waals surface area contributed by atoms with Crippen molar-refractivity contribution in [2.45, 2.75) is 56.0 Å². The molecule has 0 fully saturated rings. The van der Waals surface area contributed by atoms with E-state index in [-0.39, 0.29) is 10.6 Å². The number of benzene rings is 7. The molecule has 0 amide bonds. The van der Waals surface area contributed by atoms with Crippen molar-refractivity contribution >= 4 is 44.5 Å². The fourth-order valence-electron chi connectivity index (χ4n) is 9.33. The fourth-order valence-corrected chi connectivity index (χ4v) is 9.33. The van der Waals surface area contributed by atoms with Gasteiger partial charge in [-0.15, -0.1) is 0 Å². The third kappa shape index (κ3) is 13.8. The van der Waals surface area contributed by atoms with E-state index in [1.807, 2.05) is 42.6 Å². The predicted molar refractivity (Wildman–Crippen MR) is 252 cm³/mol. The van der Waals surface area contributed by atoms with Crippen molar-refractivity contribution in [3.63, 3.8) is 0 Å². The van der Waals surface area contributed by atoms with Crippen LogP contribution in [0.5, 0.6) is 0 Å². The van der Waals surface area contributed by atoms with Crippen LogP contribution < -0.4 is 26.4 Å². The van der Waals surface area contributed by atoms with Crippen LogP contribution in [-0.2, 0) is 56.0 Å². The first-order chi connectivity index (χ1) is 38.0. The summed E-state index contributed by atoms with van der Waals surface area (Å²) in [4.78, 5) is 10.9. The van der Waals surface area contributed by atoms with Crippen LogP contribution in [0.1, 0.15) is 50.1 Å². The van der Waals surface area contributed by atoms with Crippen LogP contribution in [-0.4, -0.2) is 11.1 Å². The molecule has 0 bridgehead atoms. The molecule has 7 aromatic carbocycles. The Morgan fingerprint density at radius 3 is 0.988 bits per heavy atom. The van der Waals surface area contributed by atoms with Gasteiger partial charge in [0.1, 0.15) is 6.15 Å². The van der Waals surface area contributed by atoms with Crippen LogP contribution >= 0.6 is 0 Å². The number of nitrogens with zero attached hydrogens (tertiary/aromatic N) is 2. The molecule has 0 aliphatic heterocycles. The maximum atomic E-state index is 14.2. The first-order valence-corrected chi connectivity index (χ1v) is 23.0. The molecule has 83 heavy (non-hydrogen) atoms. The van der Waals surface area contributed by atoms with Crippen molar-refractivity contribution in [2.75, 3.05) is 0 Å². The van der Waals surface area contributed by atoms with E-state index in [1.54, 1.807) is 12.1 Å². The number of halogens is 24. The third-order valence-corrected chi connectivity index (χ3v) is 12.9. The van der Waals surface area contributed by atoms with Gasteiger partial charge in [-0.05, 0) is 41.8 Å². The van der Waals surface area contributed by atoms with E-state index < -0.39 is 195 Å². The molecule has 0 saturated heterocycles. The van der Waals surface area contributed by atoms with Gasteiger partial charge in [0.05, 0.1) is 60.4 Å². The van der Waals surface area contributed by atoms with Gasteiger partial charge in [0.2, 0.25) is 5.69 Å². The van der Waals surface area contributed by atoms with Gasteiger partial charge < -0.3 is 0 Å². The van der Waals surface area contributed by atoms with Gasteiger partial charge in [-0.2, -0.15) is 132 Å². The van der Waals surface area contributed by atoms with Crippen molar-refractivity contribution < 1.29 is 115 Å². The average molecular weight is 1200 g/mol. The number of rotatable bonds is 8. The minimum absolute atomic E-state index is 0.0988. The van der Waals surface area contributed by atoms with E-state index >= 15 is 0 Å². The maximum absolute atomic E-state index is 14.2. The normalized spacial score (nSPS) is 13.2. The number of hydrogen-bond acceptors (Lipinski definition) is 2. The summed E-state index contributed by atoms with van der Waals surface area (Å²) in [5.41, 5.74) is -27.1. The Labute approximate surface area is 449 Å². The lowest BCUT2D eigenvalue weighted by atomic mass is 9.12. The lowest BCUT2D eigenvalue weighted by Gasteiger charge is -2.46. The minimum Gasteiger partial charge on any atom is -0.258 e. The third-order valence-electron chi connectivity index (χ3n) is 12.9. The summed E-state index contributed by atoms with van der Waals surface area (Å²) in [5.74, 6) is 0. The molecular weight excluding hydrogens is 1180 g/mol. The Kier molecular flexibility index (Phi) is 16.4. The zero-order valence-electron chi connectivity index (χ0n) is 40.7. The summed E-state index contributed by atoms with van der Waals surface area (Å²) in [5, 5.41) is 13.4. The molecule has 8 rings (SSSR count). The second-order valence-electron chi connectivity index (χ2n) is 18.4. The molecule has 1 aromatic heterocycles. The van der Waals surface area contributed by atoms with Crippen LogP contribution in [0, 0.1) is 10.1 Å². The average Bonchev–Trinajstić information content (AvgIpc) is 1.14. The molecule has 0 aliphatic rings. The summed E-state index contributed by atoms with van der Waals surface area (Å²) in [7, 11) is 0. The van der Waals surface area contributed by atoms with Crippen molar-refractivity contribution in [3.05, 3.63) is 224 Å². The molecule has 0 N–H and O–H groups in total. The number of non-ortho nitro benzene ring substituents is 1. The van der Waals surface area contributed by atoms with E-state index in [0.29, 0.717) is 6.54 Å². The van der Waals surface area contributed by atoms with Gasteiger partial charge in [0.15, 0.2) is 12.7 Å². The van der Waals surface area contributed by atoms with Crippen LogP contribution in [0.2, 0.25) is 0 Å². The van der Waals surface area contributed by atoms with Gasteiger partial charge in [-0.1, -0.05) is 103 Å². The summed E-state index contributed by atoms with van der Waals surface area (Å²) < 4.78 is 343. The number of fused-ring (bicyclic) bond motifs is 1. The number of nitro benzene ring substituents is 1. The van der Waals surface area contributed by atoms with Crippen LogP contribution in [0.3, 0.4) is 0 Å². The van der Waals surface area contributed by atoms with E-state index in [4.69, 9.17) is 0 Å². The number of aromatic nitrogens is 1. The highest BCUT2D eigenvalue weighted by Gasteiger charge is 2.47.